The second-order valence-corrected chi connectivity index (χ2v) is 8.03. The highest BCUT2D eigenvalue weighted by Gasteiger charge is 2.41. The van der Waals surface area contributed by atoms with Gasteiger partial charge in [0.05, 0.1) is 11.6 Å². The van der Waals surface area contributed by atoms with Crippen LogP contribution >= 0.6 is 0 Å². The number of carbonyl (C=O) groups excluding carboxylic acids is 1. The third-order valence-electron chi connectivity index (χ3n) is 6.06. The van der Waals surface area contributed by atoms with Crippen molar-refractivity contribution < 1.29 is 9.18 Å². The SMILES string of the molecule is Cc1ccc(C2NNC3CCC(NC(=O)c4ncc(C#N)cc4C)CC32)cc1F. The molecule has 3 N–H and O–H groups in total. The van der Waals surface area contributed by atoms with Crippen LogP contribution in [0.1, 0.15) is 58.0 Å². The molecule has 2 fully saturated rings. The Morgan fingerprint density at radius 2 is 2.07 bits per heavy atom. The quantitative estimate of drug-likeness (QED) is 0.746. The molecule has 4 rings (SSSR count). The molecule has 1 saturated heterocycles. The standard InChI is InChI=1S/C22H24FN5O/c1-12-3-4-15(8-18(12)23)21-17-9-16(5-6-19(17)27-28-21)26-22(29)20-13(2)7-14(10-24)11-25-20/h3-4,7-8,11,16-17,19,21,27-28H,5-6,9H2,1-2H3,(H,26,29). The summed E-state index contributed by atoms with van der Waals surface area (Å²) in [5, 5.41) is 12.1. The fourth-order valence-corrected chi connectivity index (χ4v) is 4.45. The van der Waals surface area contributed by atoms with Crippen molar-refractivity contribution in [3.8, 4) is 6.07 Å². The minimum absolute atomic E-state index is 0.00424. The number of aromatic nitrogens is 1. The highest BCUT2D eigenvalue weighted by atomic mass is 19.1. The molecule has 150 valence electrons. The molecule has 6 nitrogen and oxygen atoms in total. The molecule has 29 heavy (non-hydrogen) atoms. The van der Waals surface area contributed by atoms with Crippen LogP contribution in [0, 0.1) is 36.9 Å². The summed E-state index contributed by atoms with van der Waals surface area (Å²) in [7, 11) is 0. The smallest absolute Gasteiger partial charge is 0.270 e. The fraction of sp³-hybridized carbons (Fsp3) is 0.409. The van der Waals surface area contributed by atoms with Crippen LogP contribution in [0.15, 0.2) is 30.5 Å². The van der Waals surface area contributed by atoms with Crippen molar-refractivity contribution in [1.29, 1.82) is 5.26 Å². The second kappa shape index (κ2) is 7.90. The minimum atomic E-state index is -0.215. The van der Waals surface area contributed by atoms with E-state index in [9.17, 15) is 9.18 Å². The van der Waals surface area contributed by atoms with Crippen molar-refractivity contribution >= 4 is 5.91 Å². The average Bonchev–Trinajstić information content (AvgIpc) is 3.13. The minimum Gasteiger partial charge on any atom is -0.348 e. The molecule has 0 bridgehead atoms. The zero-order valence-corrected chi connectivity index (χ0v) is 16.5. The Labute approximate surface area is 169 Å². The van der Waals surface area contributed by atoms with Gasteiger partial charge in [-0.2, -0.15) is 5.26 Å². The lowest BCUT2D eigenvalue weighted by atomic mass is 9.77. The number of aryl methyl sites for hydroxylation is 2. The number of nitrogens with one attached hydrogen (secondary N) is 3. The predicted octanol–water partition coefficient (Wildman–Crippen LogP) is 2.83. The Bertz CT molecular complexity index is 986. The number of hydrogen-bond donors (Lipinski definition) is 3. The molecule has 1 amide bonds. The largest absolute Gasteiger partial charge is 0.348 e. The van der Waals surface area contributed by atoms with Gasteiger partial charge < -0.3 is 5.32 Å². The van der Waals surface area contributed by atoms with Gasteiger partial charge in [0.15, 0.2) is 0 Å². The van der Waals surface area contributed by atoms with Crippen LogP contribution < -0.4 is 16.2 Å². The highest BCUT2D eigenvalue weighted by Crippen LogP contribution is 2.38. The van der Waals surface area contributed by atoms with Crippen LogP contribution in [0.4, 0.5) is 4.39 Å². The fourth-order valence-electron chi connectivity index (χ4n) is 4.45. The normalized spacial score (nSPS) is 25.9. The average molecular weight is 393 g/mol. The molecule has 7 heteroatoms. The molecule has 0 spiro atoms. The van der Waals surface area contributed by atoms with Gasteiger partial charge in [0, 0.05) is 18.3 Å². The van der Waals surface area contributed by atoms with Crippen LogP contribution in [0.3, 0.4) is 0 Å². The van der Waals surface area contributed by atoms with Crippen LogP contribution in [0.5, 0.6) is 0 Å². The molecule has 2 heterocycles. The van der Waals surface area contributed by atoms with Crippen molar-refractivity contribution in [2.75, 3.05) is 0 Å². The third-order valence-corrected chi connectivity index (χ3v) is 6.06. The van der Waals surface area contributed by atoms with E-state index in [1.54, 1.807) is 32.0 Å². The van der Waals surface area contributed by atoms with Crippen molar-refractivity contribution in [2.45, 2.75) is 51.2 Å². The van der Waals surface area contributed by atoms with E-state index >= 15 is 0 Å². The summed E-state index contributed by atoms with van der Waals surface area (Å²) >= 11 is 0. The first-order chi connectivity index (χ1) is 14.0. The monoisotopic (exact) mass is 393 g/mol. The van der Waals surface area contributed by atoms with E-state index in [0.717, 1.165) is 24.8 Å². The first kappa shape index (κ1) is 19.5. The van der Waals surface area contributed by atoms with Crippen LogP contribution in [-0.4, -0.2) is 23.0 Å². The van der Waals surface area contributed by atoms with Crippen LogP contribution in [0.25, 0.3) is 0 Å². The molecule has 1 aromatic heterocycles. The number of benzene rings is 1. The number of hydrazine groups is 1. The lowest BCUT2D eigenvalue weighted by Crippen LogP contribution is -2.44. The Morgan fingerprint density at radius 1 is 1.24 bits per heavy atom. The number of rotatable bonds is 3. The number of amides is 1. The first-order valence-corrected chi connectivity index (χ1v) is 9.91. The van der Waals surface area contributed by atoms with Crippen LogP contribution in [-0.2, 0) is 0 Å². The van der Waals surface area contributed by atoms with Gasteiger partial charge in [-0.15, -0.1) is 0 Å². The molecule has 1 aromatic carbocycles. The molecule has 1 aliphatic heterocycles. The van der Waals surface area contributed by atoms with E-state index in [2.05, 4.69) is 21.2 Å². The molecule has 2 aromatic rings. The molecular weight excluding hydrogens is 369 g/mol. The summed E-state index contributed by atoms with van der Waals surface area (Å²) in [5.41, 5.74) is 9.69. The van der Waals surface area contributed by atoms with Gasteiger partial charge in [-0.1, -0.05) is 12.1 Å². The highest BCUT2D eigenvalue weighted by molar-refractivity contribution is 5.93. The number of carbonyl (C=O) groups is 1. The Morgan fingerprint density at radius 3 is 2.79 bits per heavy atom. The zero-order chi connectivity index (χ0) is 20.5. The molecule has 4 atom stereocenters. The maximum atomic E-state index is 14.1. The lowest BCUT2D eigenvalue weighted by molar-refractivity contribution is 0.0909. The summed E-state index contributed by atoms with van der Waals surface area (Å²) in [5.74, 6) is -0.158. The molecule has 0 radical (unpaired) electrons. The van der Waals surface area contributed by atoms with Gasteiger partial charge in [-0.05, 0) is 67.9 Å². The summed E-state index contributed by atoms with van der Waals surface area (Å²) in [4.78, 5) is 16.9. The number of halogens is 1. The van der Waals surface area contributed by atoms with E-state index in [1.807, 2.05) is 12.1 Å². The van der Waals surface area contributed by atoms with Crippen molar-refractivity contribution in [2.24, 2.45) is 5.92 Å². The molecule has 1 aliphatic carbocycles. The van der Waals surface area contributed by atoms with Gasteiger partial charge >= 0.3 is 0 Å². The molecule has 1 saturated carbocycles. The summed E-state index contributed by atoms with van der Waals surface area (Å²) in [6.45, 7) is 3.54. The molecule has 4 unspecified atom stereocenters. The number of nitriles is 1. The van der Waals surface area contributed by atoms with Gasteiger partial charge in [0.1, 0.15) is 17.6 Å². The van der Waals surface area contributed by atoms with Crippen LogP contribution in [0.2, 0.25) is 0 Å². The van der Waals surface area contributed by atoms with Crippen molar-refractivity contribution in [3.05, 3.63) is 64.2 Å². The summed E-state index contributed by atoms with van der Waals surface area (Å²) < 4.78 is 14.1. The Hall–Kier alpha value is -2.82. The van der Waals surface area contributed by atoms with Gasteiger partial charge in [-0.3, -0.25) is 10.2 Å². The molecule has 2 aliphatic rings. The van der Waals surface area contributed by atoms with Crippen molar-refractivity contribution in [1.82, 2.24) is 21.2 Å². The van der Waals surface area contributed by atoms with Crippen molar-refractivity contribution in [3.63, 3.8) is 0 Å². The van der Waals surface area contributed by atoms with Gasteiger partial charge in [-0.25, -0.2) is 14.8 Å². The second-order valence-electron chi connectivity index (χ2n) is 8.03. The number of nitrogens with zero attached hydrogens (tertiary/aromatic N) is 2. The van der Waals surface area contributed by atoms with E-state index < -0.39 is 0 Å². The topological polar surface area (TPSA) is 89.8 Å². The summed E-state index contributed by atoms with van der Waals surface area (Å²) in [6, 6.07) is 9.41. The predicted molar refractivity (Wildman–Crippen MR) is 106 cm³/mol. The summed E-state index contributed by atoms with van der Waals surface area (Å²) in [6.07, 6.45) is 4.01. The number of pyridine rings is 1. The van der Waals surface area contributed by atoms with Gasteiger partial charge in [0.2, 0.25) is 0 Å². The lowest BCUT2D eigenvalue weighted by Gasteiger charge is -2.33. The van der Waals surface area contributed by atoms with Gasteiger partial charge in [0.25, 0.3) is 5.91 Å². The Kier molecular flexibility index (Phi) is 5.31. The van der Waals surface area contributed by atoms with E-state index in [0.29, 0.717) is 28.4 Å². The number of fused-ring (bicyclic) bond motifs is 1. The van der Waals surface area contributed by atoms with E-state index in [-0.39, 0.29) is 29.7 Å². The maximum absolute atomic E-state index is 14.1. The third kappa shape index (κ3) is 3.86. The molecular formula is C22H24FN5O. The first-order valence-electron chi connectivity index (χ1n) is 9.91. The zero-order valence-electron chi connectivity index (χ0n) is 16.5. The Balaban J connectivity index is 1.46. The van der Waals surface area contributed by atoms with E-state index in [4.69, 9.17) is 5.26 Å². The van der Waals surface area contributed by atoms with E-state index in [1.165, 1.54) is 6.20 Å². The number of hydrogen-bond acceptors (Lipinski definition) is 5. The maximum Gasteiger partial charge on any atom is 0.270 e.